The summed E-state index contributed by atoms with van der Waals surface area (Å²) in [5, 5.41) is 8.07. The molecule has 0 radical (unpaired) electrons. The summed E-state index contributed by atoms with van der Waals surface area (Å²) in [6, 6.07) is 7.27. The fourth-order valence-electron chi connectivity index (χ4n) is 1.95. The number of nitrogens with one attached hydrogen (secondary N) is 1. The van der Waals surface area contributed by atoms with Gasteiger partial charge in [-0.25, -0.2) is 4.98 Å². The Morgan fingerprint density at radius 2 is 2.05 bits per heavy atom. The molecule has 1 aromatic carbocycles. The highest BCUT2D eigenvalue weighted by atomic mass is 35.5. The molecule has 21 heavy (non-hydrogen) atoms. The second-order valence-corrected chi connectivity index (χ2v) is 5.60. The standard InChI is InChI=1S/C16H18ClN3O/c1-9(2)12-7-15(10(3)6-13(12)17)21-11-4-5-14(16(18)19)20-8-11/h4-9H,1-3H3,(H3,18,19). The monoisotopic (exact) mass is 303 g/mol. The highest BCUT2D eigenvalue weighted by molar-refractivity contribution is 6.31. The first-order valence-electron chi connectivity index (χ1n) is 6.67. The van der Waals surface area contributed by atoms with Crippen molar-refractivity contribution < 1.29 is 4.74 Å². The SMILES string of the molecule is Cc1cc(Cl)c(C(C)C)cc1Oc1ccc(C(=N)N)nc1. The number of nitrogens with zero attached hydrogens (tertiary/aromatic N) is 1. The van der Waals surface area contributed by atoms with Gasteiger partial charge in [0, 0.05) is 5.02 Å². The Hall–Kier alpha value is -2.07. The first-order valence-corrected chi connectivity index (χ1v) is 7.04. The van der Waals surface area contributed by atoms with Crippen molar-refractivity contribution >= 4 is 17.4 Å². The van der Waals surface area contributed by atoms with E-state index in [0.717, 1.165) is 21.9 Å². The molecule has 0 bridgehead atoms. The second kappa shape index (κ2) is 6.14. The van der Waals surface area contributed by atoms with E-state index in [1.165, 1.54) is 0 Å². The molecule has 0 saturated heterocycles. The molecule has 0 saturated carbocycles. The number of aryl methyl sites for hydroxylation is 1. The first kappa shape index (κ1) is 15.3. The number of hydrogen-bond acceptors (Lipinski definition) is 3. The van der Waals surface area contributed by atoms with Crippen molar-refractivity contribution in [3.8, 4) is 11.5 Å². The summed E-state index contributed by atoms with van der Waals surface area (Å²) in [6.07, 6.45) is 1.56. The van der Waals surface area contributed by atoms with Crippen LogP contribution < -0.4 is 10.5 Å². The maximum absolute atomic E-state index is 7.32. The molecule has 4 nitrogen and oxygen atoms in total. The summed E-state index contributed by atoms with van der Waals surface area (Å²) in [5.74, 6) is 1.60. The highest BCUT2D eigenvalue weighted by Gasteiger charge is 2.11. The Morgan fingerprint density at radius 3 is 2.57 bits per heavy atom. The Labute approximate surface area is 129 Å². The number of rotatable bonds is 4. The summed E-state index contributed by atoms with van der Waals surface area (Å²) in [4.78, 5) is 4.08. The minimum atomic E-state index is -0.0636. The minimum Gasteiger partial charge on any atom is -0.455 e. The fourth-order valence-corrected chi connectivity index (χ4v) is 2.38. The molecule has 110 valence electrons. The average molecular weight is 304 g/mol. The molecular weight excluding hydrogens is 286 g/mol. The van der Waals surface area contributed by atoms with Crippen LogP contribution in [0.1, 0.15) is 36.6 Å². The van der Waals surface area contributed by atoms with E-state index in [1.54, 1.807) is 18.3 Å². The smallest absolute Gasteiger partial charge is 0.145 e. The lowest BCUT2D eigenvalue weighted by Crippen LogP contribution is -2.12. The lowest BCUT2D eigenvalue weighted by Gasteiger charge is -2.14. The van der Waals surface area contributed by atoms with Crippen molar-refractivity contribution in [2.75, 3.05) is 0 Å². The average Bonchev–Trinajstić information content (AvgIpc) is 2.42. The number of nitrogens with two attached hydrogens (primary N) is 1. The van der Waals surface area contributed by atoms with E-state index >= 15 is 0 Å². The Balaban J connectivity index is 2.30. The first-order chi connectivity index (χ1) is 9.88. The van der Waals surface area contributed by atoms with Crippen molar-refractivity contribution in [1.29, 1.82) is 5.41 Å². The topological polar surface area (TPSA) is 72.0 Å². The zero-order valence-corrected chi connectivity index (χ0v) is 13.0. The van der Waals surface area contributed by atoms with Crippen LogP contribution in [0.3, 0.4) is 0 Å². The number of ether oxygens (including phenoxy) is 1. The van der Waals surface area contributed by atoms with Crippen LogP contribution in [0.2, 0.25) is 5.02 Å². The maximum Gasteiger partial charge on any atom is 0.145 e. The molecule has 0 spiro atoms. The van der Waals surface area contributed by atoms with Crippen molar-refractivity contribution in [2.45, 2.75) is 26.7 Å². The molecule has 0 unspecified atom stereocenters. The lowest BCUT2D eigenvalue weighted by atomic mass is 10.0. The van der Waals surface area contributed by atoms with Crippen LogP contribution in [0.4, 0.5) is 0 Å². The van der Waals surface area contributed by atoms with Crippen LogP contribution in [0.5, 0.6) is 11.5 Å². The fraction of sp³-hybridized carbons (Fsp3) is 0.250. The summed E-state index contributed by atoms with van der Waals surface area (Å²) < 4.78 is 5.86. The molecule has 1 aromatic heterocycles. The van der Waals surface area contributed by atoms with E-state index in [-0.39, 0.29) is 5.84 Å². The maximum atomic E-state index is 7.32. The van der Waals surface area contributed by atoms with E-state index in [0.29, 0.717) is 17.4 Å². The summed E-state index contributed by atoms with van der Waals surface area (Å²) >= 11 is 6.25. The lowest BCUT2D eigenvalue weighted by molar-refractivity contribution is 0.475. The van der Waals surface area contributed by atoms with Crippen LogP contribution in [-0.2, 0) is 0 Å². The quantitative estimate of drug-likeness (QED) is 0.655. The summed E-state index contributed by atoms with van der Waals surface area (Å²) in [7, 11) is 0. The molecule has 0 atom stereocenters. The van der Waals surface area contributed by atoms with Gasteiger partial charge in [-0.05, 0) is 48.2 Å². The number of benzene rings is 1. The van der Waals surface area contributed by atoms with Gasteiger partial charge < -0.3 is 10.5 Å². The van der Waals surface area contributed by atoms with Gasteiger partial charge in [-0.2, -0.15) is 0 Å². The van der Waals surface area contributed by atoms with Crippen molar-refractivity contribution in [3.63, 3.8) is 0 Å². The van der Waals surface area contributed by atoms with Gasteiger partial charge in [0.1, 0.15) is 23.0 Å². The highest BCUT2D eigenvalue weighted by Crippen LogP contribution is 2.33. The number of pyridine rings is 1. The van der Waals surface area contributed by atoms with Gasteiger partial charge in [-0.3, -0.25) is 5.41 Å². The molecule has 0 amide bonds. The van der Waals surface area contributed by atoms with Crippen molar-refractivity contribution in [2.24, 2.45) is 5.73 Å². The molecule has 2 rings (SSSR count). The largest absolute Gasteiger partial charge is 0.455 e. The summed E-state index contributed by atoms with van der Waals surface area (Å²) in [6.45, 7) is 6.12. The van der Waals surface area contributed by atoms with Crippen LogP contribution in [0.25, 0.3) is 0 Å². The van der Waals surface area contributed by atoms with Gasteiger partial charge in [0.15, 0.2) is 0 Å². The predicted molar refractivity (Wildman–Crippen MR) is 85.6 cm³/mol. The molecule has 0 fully saturated rings. The predicted octanol–water partition coefficient (Wildman–Crippen LogP) is 4.24. The molecule has 0 aliphatic rings. The Bertz CT molecular complexity index is 666. The van der Waals surface area contributed by atoms with E-state index in [2.05, 4.69) is 18.8 Å². The van der Waals surface area contributed by atoms with E-state index < -0.39 is 0 Å². The molecule has 0 aliphatic heterocycles. The van der Waals surface area contributed by atoms with E-state index in [1.807, 2.05) is 19.1 Å². The van der Waals surface area contributed by atoms with Gasteiger partial charge in [0.25, 0.3) is 0 Å². The Kier molecular flexibility index (Phi) is 4.48. The Morgan fingerprint density at radius 1 is 1.33 bits per heavy atom. The van der Waals surface area contributed by atoms with Gasteiger partial charge in [-0.1, -0.05) is 25.4 Å². The molecule has 0 aliphatic carbocycles. The van der Waals surface area contributed by atoms with E-state index in [4.69, 9.17) is 27.5 Å². The van der Waals surface area contributed by atoms with Crippen LogP contribution in [0.15, 0.2) is 30.5 Å². The van der Waals surface area contributed by atoms with Gasteiger partial charge in [-0.15, -0.1) is 0 Å². The third-order valence-electron chi connectivity index (χ3n) is 3.16. The van der Waals surface area contributed by atoms with Crippen molar-refractivity contribution in [3.05, 3.63) is 52.3 Å². The molecule has 1 heterocycles. The van der Waals surface area contributed by atoms with Gasteiger partial charge in [0.2, 0.25) is 0 Å². The third-order valence-corrected chi connectivity index (χ3v) is 3.48. The summed E-state index contributed by atoms with van der Waals surface area (Å²) in [5.41, 5.74) is 7.81. The molecular formula is C16H18ClN3O. The number of aromatic nitrogens is 1. The zero-order chi connectivity index (χ0) is 15.6. The zero-order valence-electron chi connectivity index (χ0n) is 12.3. The normalized spacial score (nSPS) is 10.7. The molecule has 2 aromatic rings. The van der Waals surface area contributed by atoms with Crippen LogP contribution >= 0.6 is 11.6 Å². The number of halogens is 1. The molecule has 5 heteroatoms. The number of amidine groups is 1. The van der Waals surface area contributed by atoms with Crippen molar-refractivity contribution in [1.82, 2.24) is 4.98 Å². The third kappa shape index (κ3) is 3.52. The number of nitrogen functional groups attached to an aromatic ring is 1. The second-order valence-electron chi connectivity index (χ2n) is 5.19. The number of hydrogen-bond donors (Lipinski definition) is 2. The van der Waals surface area contributed by atoms with Gasteiger partial charge in [0.05, 0.1) is 6.20 Å². The van der Waals surface area contributed by atoms with Crippen LogP contribution in [0, 0.1) is 12.3 Å². The van der Waals surface area contributed by atoms with Gasteiger partial charge >= 0.3 is 0 Å². The van der Waals surface area contributed by atoms with Crippen LogP contribution in [-0.4, -0.2) is 10.8 Å². The molecule has 3 N–H and O–H groups in total. The minimum absolute atomic E-state index is 0.0636. The van der Waals surface area contributed by atoms with E-state index in [9.17, 15) is 0 Å².